The molecule has 0 aliphatic rings. The summed E-state index contributed by atoms with van der Waals surface area (Å²) in [5.74, 6) is 0. The van der Waals surface area contributed by atoms with Crippen LogP contribution in [0.5, 0.6) is 0 Å². The first-order chi connectivity index (χ1) is 6.91. The molecule has 0 amide bonds. The van der Waals surface area contributed by atoms with Crippen molar-refractivity contribution in [3.05, 3.63) is 0 Å². The van der Waals surface area contributed by atoms with Crippen LogP contribution in [0.3, 0.4) is 0 Å². The maximum absolute atomic E-state index is 8.57. The average Bonchev–Trinajstić information content (AvgIpc) is 2.21. The molecule has 15 heavy (non-hydrogen) atoms. The van der Waals surface area contributed by atoms with Crippen LogP contribution in [0.1, 0.15) is 58.3 Å². The molecule has 1 N–H and O–H groups in total. The summed E-state index contributed by atoms with van der Waals surface area (Å²) in [5, 5.41) is 8.57. The van der Waals surface area contributed by atoms with Crippen LogP contribution < -0.4 is 0 Å². The van der Waals surface area contributed by atoms with Crippen LogP contribution in [0.4, 0.5) is 0 Å². The van der Waals surface area contributed by atoms with Crippen LogP contribution in [-0.4, -0.2) is 24.9 Å². The van der Waals surface area contributed by atoms with Gasteiger partial charge in [0.2, 0.25) is 0 Å². The van der Waals surface area contributed by atoms with Crippen molar-refractivity contribution in [2.24, 2.45) is 0 Å². The van der Waals surface area contributed by atoms with Gasteiger partial charge in [0.1, 0.15) is 0 Å². The van der Waals surface area contributed by atoms with Gasteiger partial charge in [-0.3, -0.25) is 0 Å². The Morgan fingerprint density at radius 2 is 1.33 bits per heavy atom. The fourth-order valence-electron chi connectivity index (χ4n) is 1.37. The number of ether oxygens (including phenoxy) is 1. The number of aliphatic hydroxyl groups is 1. The van der Waals surface area contributed by atoms with Crippen LogP contribution in [0.25, 0.3) is 0 Å². The van der Waals surface area contributed by atoms with E-state index in [2.05, 4.69) is 6.92 Å². The van der Waals surface area contributed by atoms with Crippen molar-refractivity contribution in [2.75, 3.05) is 19.8 Å². The third-order valence-corrected chi connectivity index (χ3v) is 2.34. The standard InChI is InChI=1S/C12H26O2.Ti/c1-2-3-11-14-12-9-7-5-4-6-8-10-13;/h13H,2-12H2,1H3;. The molecule has 0 saturated carbocycles. The van der Waals surface area contributed by atoms with Crippen LogP contribution in [0.2, 0.25) is 0 Å². The van der Waals surface area contributed by atoms with E-state index in [-0.39, 0.29) is 21.7 Å². The number of hydrogen-bond donors (Lipinski definition) is 1. The Balaban J connectivity index is 0. The van der Waals surface area contributed by atoms with E-state index in [4.69, 9.17) is 9.84 Å². The molecule has 0 radical (unpaired) electrons. The van der Waals surface area contributed by atoms with E-state index < -0.39 is 0 Å². The van der Waals surface area contributed by atoms with Crippen molar-refractivity contribution in [1.82, 2.24) is 0 Å². The third kappa shape index (κ3) is 17.3. The van der Waals surface area contributed by atoms with E-state index in [9.17, 15) is 0 Å². The molecule has 90 valence electrons. The van der Waals surface area contributed by atoms with Gasteiger partial charge in [-0.2, -0.15) is 0 Å². The molecule has 3 heteroatoms. The zero-order valence-corrected chi connectivity index (χ0v) is 11.7. The minimum atomic E-state index is 0. The first kappa shape index (κ1) is 18.0. The minimum Gasteiger partial charge on any atom is -0.396 e. The van der Waals surface area contributed by atoms with E-state index in [0.29, 0.717) is 6.61 Å². The summed E-state index contributed by atoms with van der Waals surface area (Å²) in [6.45, 7) is 4.39. The molecule has 0 spiro atoms. The fourth-order valence-corrected chi connectivity index (χ4v) is 1.37. The molecular formula is C12H26O2Ti. The van der Waals surface area contributed by atoms with E-state index in [1.54, 1.807) is 0 Å². The number of unbranched alkanes of at least 4 members (excludes halogenated alkanes) is 6. The zero-order valence-electron chi connectivity index (χ0n) is 10.1. The minimum absolute atomic E-state index is 0. The van der Waals surface area contributed by atoms with Gasteiger partial charge >= 0.3 is 0 Å². The Labute approximate surface area is 110 Å². The summed E-state index contributed by atoms with van der Waals surface area (Å²) in [4.78, 5) is 0. The smallest absolute Gasteiger partial charge is 0.0466 e. The maximum atomic E-state index is 8.57. The first-order valence-electron chi connectivity index (χ1n) is 6.10. The Morgan fingerprint density at radius 1 is 0.800 bits per heavy atom. The van der Waals surface area contributed by atoms with Gasteiger partial charge in [0, 0.05) is 41.5 Å². The molecular weight excluding hydrogens is 224 g/mol. The molecule has 0 aromatic heterocycles. The number of hydrogen-bond acceptors (Lipinski definition) is 2. The predicted octanol–water partition coefficient (Wildman–Crippen LogP) is 3.13. The second-order valence-electron chi connectivity index (χ2n) is 3.81. The van der Waals surface area contributed by atoms with Crippen molar-refractivity contribution < 1.29 is 31.6 Å². The topological polar surface area (TPSA) is 29.5 Å². The Bertz CT molecular complexity index is 87.6. The normalized spacial score (nSPS) is 10.0. The largest absolute Gasteiger partial charge is 0.396 e. The number of aliphatic hydroxyl groups excluding tert-OH is 1. The molecule has 0 saturated heterocycles. The Morgan fingerprint density at radius 3 is 1.93 bits per heavy atom. The summed E-state index contributed by atoms with van der Waals surface area (Å²) in [6, 6.07) is 0. The predicted molar refractivity (Wildman–Crippen MR) is 60.5 cm³/mol. The van der Waals surface area contributed by atoms with Gasteiger partial charge in [0.25, 0.3) is 0 Å². The zero-order chi connectivity index (χ0) is 10.5. The maximum Gasteiger partial charge on any atom is 0.0466 e. The fraction of sp³-hybridized carbons (Fsp3) is 1.00. The van der Waals surface area contributed by atoms with Crippen molar-refractivity contribution in [3.8, 4) is 0 Å². The summed E-state index contributed by atoms with van der Waals surface area (Å²) >= 11 is 0. The van der Waals surface area contributed by atoms with Crippen molar-refractivity contribution in [1.29, 1.82) is 0 Å². The van der Waals surface area contributed by atoms with Crippen molar-refractivity contribution in [3.63, 3.8) is 0 Å². The van der Waals surface area contributed by atoms with E-state index >= 15 is 0 Å². The van der Waals surface area contributed by atoms with Gasteiger partial charge < -0.3 is 9.84 Å². The molecule has 0 aromatic carbocycles. The van der Waals surface area contributed by atoms with Gasteiger partial charge in [-0.1, -0.05) is 39.0 Å². The van der Waals surface area contributed by atoms with Crippen LogP contribution in [0, 0.1) is 0 Å². The molecule has 0 rings (SSSR count). The van der Waals surface area contributed by atoms with E-state index in [1.807, 2.05) is 0 Å². The van der Waals surface area contributed by atoms with Gasteiger partial charge in [0.15, 0.2) is 0 Å². The molecule has 0 aliphatic heterocycles. The summed E-state index contributed by atoms with van der Waals surface area (Å²) in [5.41, 5.74) is 0. The average molecular weight is 250 g/mol. The Hall–Kier alpha value is 0.634. The second kappa shape index (κ2) is 17.0. The number of rotatable bonds is 11. The molecule has 0 unspecified atom stereocenters. The van der Waals surface area contributed by atoms with Crippen LogP contribution in [0.15, 0.2) is 0 Å². The SMILES string of the molecule is CCCCOCCCCCCCCO.[Ti]. The summed E-state index contributed by atoms with van der Waals surface area (Å²) < 4.78 is 5.46. The Kier molecular flexibility index (Phi) is 20.5. The monoisotopic (exact) mass is 250 g/mol. The van der Waals surface area contributed by atoms with Crippen molar-refractivity contribution in [2.45, 2.75) is 58.3 Å². The molecule has 0 heterocycles. The summed E-state index contributed by atoms with van der Waals surface area (Å²) in [6.07, 6.45) is 9.57. The second-order valence-corrected chi connectivity index (χ2v) is 3.81. The third-order valence-electron chi connectivity index (χ3n) is 2.34. The molecule has 0 bridgehead atoms. The van der Waals surface area contributed by atoms with Gasteiger partial charge in [0.05, 0.1) is 0 Å². The molecule has 0 aliphatic carbocycles. The van der Waals surface area contributed by atoms with Gasteiger partial charge in [-0.15, -0.1) is 0 Å². The first-order valence-corrected chi connectivity index (χ1v) is 6.10. The molecule has 0 aromatic rings. The molecule has 2 nitrogen and oxygen atoms in total. The van der Waals surface area contributed by atoms with E-state index in [1.165, 1.54) is 44.9 Å². The van der Waals surface area contributed by atoms with Gasteiger partial charge in [-0.25, -0.2) is 0 Å². The van der Waals surface area contributed by atoms with Crippen molar-refractivity contribution >= 4 is 0 Å². The van der Waals surface area contributed by atoms with Gasteiger partial charge in [-0.05, 0) is 19.3 Å². The quantitative estimate of drug-likeness (QED) is 0.451. The van der Waals surface area contributed by atoms with Crippen LogP contribution in [-0.2, 0) is 26.5 Å². The van der Waals surface area contributed by atoms with Crippen LogP contribution >= 0.6 is 0 Å². The van der Waals surface area contributed by atoms with E-state index in [0.717, 1.165) is 19.6 Å². The summed E-state index contributed by atoms with van der Waals surface area (Å²) in [7, 11) is 0. The molecule has 0 fully saturated rings. The molecule has 0 atom stereocenters.